The average Bonchev–Trinajstić information content (AvgIpc) is 2.62. The van der Waals surface area contributed by atoms with Crippen LogP contribution in [-0.2, 0) is 6.42 Å². The number of hydrogen-bond donors (Lipinski definition) is 0. The molecule has 1 saturated heterocycles. The van der Waals surface area contributed by atoms with Gasteiger partial charge >= 0.3 is 0 Å². The first-order valence-electron chi connectivity index (χ1n) is 8.93. The molecule has 3 nitrogen and oxygen atoms in total. The topological polar surface area (TPSA) is 23.6 Å². The van der Waals surface area contributed by atoms with Crippen LogP contribution in [-0.4, -0.2) is 43.9 Å². The summed E-state index contributed by atoms with van der Waals surface area (Å²) in [5.41, 5.74) is 1.33. The zero-order valence-corrected chi connectivity index (χ0v) is 15.2. The molecule has 1 fully saturated rings. The Kier molecular flexibility index (Phi) is 5.67. The van der Waals surface area contributed by atoms with Crippen LogP contribution in [0.3, 0.4) is 0 Å². The van der Waals surface area contributed by atoms with Crippen LogP contribution < -0.4 is 4.90 Å². The molecule has 138 valence electrons. The Bertz CT molecular complexity index is 765. The van der Waals surface area contributed by atoms with Gasteiger partial charge in [0.05, 0.1) is 5.56 Å². The van der Waals surface area contributed by atoms with Gasteiger partial charge in [-0.05, 0) is 62.8 Å². The van der Waals surface area contributed by atoms with Crippen molar-refractivity contribution < 1.29 is 13.6 Å². The molecule has 1 aliphatic rings. The lowest BCUT2D eigenvalue weighted by Crippen LogP contribution is -2.42. The number of Topliss-reactive ketones (excluding diaryl/α,β-unsaturated/α-hetero) is 1. The smallest absolute Gasteiger partial charge is 0.173 e. The summed E-state index contributed by atoms with van der Waals surface area (Å²) in [6, 6.07) is 11.6. The first kappa shape index (κ1) is 18.5. The zero-order valence-electron chi connectivity index (χ0n) is 15.2. The number of hydrogen-bond acceptors (Lipinski definition) is 3. The van der Waals surface area contributed by atoms with Gasteiger partial charge in [0, 0.05) is 25.2 Å². The van der Waals surface area contributed by atoms with Crippen LogP contribution in [0.1, 0.15) is 28.8 Å². The van der Waals surface area contributed by atoms with Crippen molar-refractivity contribution in [1.82, 2.24) is 4.90 Å². The lowest BCUT2D eigenvalue weighted by molar-refractivity contribution is 0.0985. The van der Waals surface area contributed by atoms with Crippen molar-refractivity contribution in [3.8, 4) is 0 Å². The molecular weight excluding hydrogens is 334 g/mol. The van der Waals surface area contributed by atoms with E-state index >= 15 is 0 Å². The molecule has 2 aromatic carbocycles. The Morgan fingerprint density at radius 3 is 2.38 bits per heavy atom. The summed E-state index contributed by atoms with van der Waals surface area (Å²) in [6.45, 7) is 2.14. The summed E-state index contributed by atoms with van der Waals surface area (Å²) in [6.07, 6.45) is 2.17. The van der Waals surface area contributed by atoms with Crippen LogP contribution in [0.5, 0.6) is 0 Å². The summed E-state index contributed by atoms with van der Waals surface area (Å²) in [5, 5.41) is 0. The maximum atomic E-state index is 13.8. The third kappa shape index (κ3) is 4.10. The maximum absolute atomic E-state index is 13.8. The van der Waals surface area contributed by atoms with Gasteiger partial charge in [0.25, 0.3) is 0 Å². The molecule has 1 aliphatic heterocycles. The number of carbonyl (C=O) groups excluding carboxylic acids is 1. The van der Waals surface area contributed by atoms with Crippen LogP contribution in [0.25, 0.3) is 0 Å². The van der Waals surface area contributed by atoms with Crippen LogP contribution >= 0.6 is 0 Å². The van der Waals surface area contributed by atoms with Gasteiger partial charge < -0.3 is 9.80 Å². The molecule has 26 heavy (non-hydrogen) atoms. The van der Waals surface area contributed by atoms with E-state index in [1.165, 1.54) is 6.07 Å². The SMILES string of the molecule is CN1CCC(N(C)c2cccc(CC(=O)c3c(F)cccc3F)c2)CC1. The molecule has 0 bridgehead atoms. The number of carbonyl (C=O) groups is 1. The average molecular weight is 358 g/mol. The molecule has 0 unspecified atom stereocenters. The zero-order chi connectivity index (χ0) is 18.7. The minimum atomic E-state index is -0.811. The lowest BCUT2D eigenvalue weighted by Gasteiger charge is -2.36. The Labute approximate surface area is 153 Å². The van der Waals surface area contributed by atoms with Crippen LogP contribution in [0.15, 0.2) is 42.5 Å². The highest BCUT2D eigenvalue weighted by molar-refractivity contribution is 5.98. The molecule has 0 atom stereocenters. The Balaban J connectivity index is 1.74. The second-order valence-electron chi connectivity index (χ2n) is 7.01. The summed E-state index contributed by atoms with van der Waals surface area (Å²) >= 11 is 0. The number of piperidine rings is 1. The van der Waals surface area contributed by atoms with E-state index in [9.17, 15) is 13.6 Å². The monoisotopic (exact) mass is 358 g/mol. The summed E-state index contributed by atoms with van der Waals surface area (Å²) in [7, 11) is 4.19. The number of nitrogens with zero attached hydrogens (tertiary/aromatic N) is 2. The van der Waals surface area contributed by atoms with Crippen molar-refractivity contribution in [2.45, 2.75) is 25.3 Å². The predicted molar refractivity (Wildman–Crippen MR) is 99.8 cm³/mol. The van der Waals surface area contributed by atoms with Crippen molar-refractivity contribution in [1.29, 1.82) is 0 Å². The maximum Gasteiger partial charge on any atom is 0.173 e. The Morgan fingerprint density at radius 2 is 1.73 bits per heavy atom. The quantitative estimate of drug-likeness (QED) is 0.757. The van der Waals surface area contributed by atoms with E-state index in [1.54, 1.807) is 0 Å². The van der Waals surface area contributed by atoms with E-state index in [1.807, 2.05) is 24.3 Å². The molecule has 0 spiro atoms. The van der Waals surface area contributed by atoms with E-state index in [4.69, 9.17) is 0 Å². The van der Waals surface area contributed by atoms with Gasteiger partial charge in [-0.15, -0.1) is 0 Å². The molecule has 0 aliphatic carbocycles. The van der Waals surface area contributed by atoms with Gasteiger partial charge in [-0.25, -0.2) is 8.78 Å². The summed E-state index contributed by atoms with van der Waals surface area (Å²) in [5.74, 6) is -2.16. The number of anilines is 1. The molecular formula is C21H24F2N2O. The molecule has 2 aromatic rings. The molecule has 1 heterocycles. The minimum Gasteiger partial charge on any atom is -0.372 e. The number of ketones is 1. The van der Waals surface area contributed by atoms with Gasteiger partial charge in [0.15, 0.2) is 5.78 Å². The van der Waals surface area contributed by atoms with E-state index < -0.39 is 23.0 Å². The highest BCUT2D eigenvalue weighted by Gasteiger charge is 2.22. The fourth-order valence-corrected chi connectivity index (χ4v) is 3.52. The van der Waals surface area contributed by atoms with E-state index in [2.05, 4.69) is 23.9 Å². The second kappa shape index (κ2) is 7.96. The third-order valence-electron chi connectivity index (χ3n) is 5.16. The normalized spacial score (nSPS) is 15.8. The van der Waals surface area contributed by atoms with Crippen LogP contribution in [0.4, 0.5) is 14.5 Å². The Morgan fingerprint density at radius 1 is 1.12 bits per heavy atom. The Hall–Kier alpha value is -2.27. The minimum absolute atomic E-state index is 0.0209. The molecule has 0 amide bonds. The van der Waals surface area contributed by atoms with Gasteiger partial charge in [-0.3, -0.25) is 4.79 Å². The highest BCUT2D eigenvalue weighted by atomic mass is 19.1. The first-order valence-corrected chi connectivity index (χ1v) is 8.93. The van der Waals surface area contributed by atoms with Crippen molar-refractivity contribution >= 4 is 11.5 Å². The molecule has 0 radical (unpaired) electrons. The largest absolute Gasteiger partial charge is 0.372 e. The third-order valence-corrected chi connectivity index (χ3v) is 5.16. The fraction of sp³-hybridized carbons (Fsp3) is 0.381. The standard InChI is InChI=1S/C21H24F2N2O/c1-24-11-9-16(10-12-24)25(2)17-6-3-5-15(13-17)14-20(26)21-18(22)7-4-8-19(21)23/h3-8,13,16H,9-12,14H2,1-2H3. The second-order valence-corrected chi connectivity index (χ2v) is 7.01. The van der Waals surface area contributed by atoms with Crippen LogP contribution in [0.2, 0.25) is 0 Å². The van der Waals surface area contributed by atoms with Gasteiger partial charge in [-0.1, -0.05) is 18.2 Å². The van der Waals surface area contributed by atoms with Crippen molar-refractivity contribution in [2.75, 3.05) is 32.1 Å². The number of benzene rings is 2. The van der Waals surface area contributed by atoms with Gasteiger partial charge in [0.2, 0.25) is 0 Å². The van der Waals surface area contributed by atoms with E-state index in [0.29, 0.717) is 6.04 Å². The van der Waals surface area contributed by atoms with E-state index in [-0.39, 0.29) is 6.42 Å². The lowest BCUT2D eigenvalue weighted by atomic mass is 10.00. The van der Waals surface area contributed by atoms with Crippen LogP contribution in [0, 0.1) is 11.6 Å². The fourth-order valence-electron chi connectivity index (χ4n) is 3.52. The highest BCUT2D eigenvalue weighted by Crippen LogP contribution is 2.24. The van der Waals surface area contributed by atoms with Crippen molar-refractivity contribution in [3.63, 3.8) is 0 Å². The van der Waals surface area contributed by atoms with Gasteiger partial charge in [-0.2, -0.15) is 0 Å². The first-order chi connectivity index (χ1) is 12.5. The molecule has 5 heteroatoms. The summed E-state index contributed by atoms with van der Waals surface area (Å²) < 4.78 is 27.6. The predicted octanol–water partition coefficient (Wildman–Crippen LogP) is 3.92. The van der Waals surface area contributed by atoms with Gasteiger partial charge in [0.1, 0.15) is 11.6 Å². The number of likely N-dealkylation sites (tertiary alicyclic amines) is 1. The summed E-state index contributed by atoms with van der Waals surface area (Å²) in [4.78, 5) is 16.9. The van der Waals surface area contributed by atoms with E-state index in [0.717, 1.165) is 49.3 Å². The number of halogens is 2. The molecule has 3 rings (SSSR count). The molecule has 0 N–H and O–H groups in total. The van der Waals surface area contributed by atoms with Crippen molar-refractivity contribution in [3.05, 3.63) is 65.2 Å². The van der Waals surface area contributed by atoms with Crippen molar-refractivity contribution in [2.24, 2.45) is 0 Å². The molecule has 0 saturated carbocycles. The number of rotatable bonds is 5. The molecule has 0 aromatic heterocycles.